The third-order valence-corrected chi connectivity index (χ3v) is 4.56. The molecular weight excluding hydrogens is 356 g/mol. The average Bonchev–Trinajstić information content (AvgIpc) is 2.92. The second-order valence-electron chi connectivity index (χ2n) is 6.82. The van der Waals surface area contributed by atoms with Gasteiger partial charge in [-0.05, 0) is 31.0 Å². The fraction of sp³-hybridized carbons (Fsp3) is 0.227. The third kappa shape index (κ3) is 3.96. The molecule has 0 saturated carbocycles. The van der Waals surface area contributed by atoms with Crippen molar-refractivity contribution in [2.75, 3.05) is 13.6 Å². The van der Waals surface area contributed by atoms with Crippen LogP contribution in [0.25, 0.3) is 0 Å². The fourth-order valence-electron chi connectivity index (χ4n) is 3.28. The lowest BCUT2D eigenvalue weighted by atomic mass is 10.0. The largest absolute Gasteiger partial charge is 0.416 e. The van der Waals surface area contributed by atoms with Crippen molar-refractivity contribution in [1.29, 1.82) is 0 Å². The predicted molar refractivity (Wildman–Crippen MR) is 105 cm³/mol. The summed E-state index contributed by atoms with van der Waals surface area (Å²) in [5.41, 5.74) is 1.74. The van der Waals surface area contributed by atoms with Gasteiger partial charge in [-0.25, -0.2) is 4.79 Å². The van der Waals surface area contributed by atoms with E-state index in [1.165, 1.54) is 9.80 Å². The zero-order chi connectivity index (χ0) is 20.3. The van der Waals surface area contributed by atoms with E-state index in [2.05, 4.69) is 6.58 Å². The van der Waals surface area contributed by atoms with E-state index >= 15 is 0 Å². The predicted octanol–water partition coefficient (Wildman–Crippen LogP) is 3.50. The van der Waals surface area contributed by atoms with Crippen LogP contribution < -0.4 is 0 Å². The van der Waals surface area contributed by atoms with Gasteiger partial charge in [-0.1, -0.05) is 49.0 Å². The van der Waals surface area contributed by atoms with Gasteiger partial charge in [0.15, 0.2) is 0 Å². The van der Waals surface area contributed by atoms with Gasteiger partial charge in [0.2, 0.25) is 0 Å². The number of amides is 3. The van der Waals surface area contributed by atoms with Crippen LogP contribution in [0.1, 0.15) is 33.2 Å². The van der Waals surface area contributed by atoms with Crippen molar-refractivity contribution in [3.8, 4) is 0 Å². The van der Waals surface area contributed by atoms with Crippen molar-refractivity contribution >= 4 is 17.9 Å². The third-order valence-electron chi connectivity index (χ3n) is 4.56. The number of benzene rings is 2. The van der Waals surface area contributed by atoms with Crippen molar-refractivity contribution in [3.05, 3.63) is 83.6 Å². The lowest BCUT2D eigenvalue weighted by molar-refractivity contribution is 0.0543. The number of nitrogens with zero attached hydrogens (tertiary/aromatic N) is 2. The van der Waals surface area contributed by atoms with Crippen LogP contribution in [0.3, 0.4) is 0 Å². The molecule has 0 spiro atoms. The number of fused-ring (bicyclic) bond motifs is 1. The molecule has 0 aliphatic carbocycles. The average molecular weight is 378 g/mol. The molecule has 1 aliphatic heterocycles. The van der Waals surface area contributed by atoms with Crippen LogP contribution in [0.4, 0.5) is 4.79 Å². The first-order valence-electron chi connectivity index (χ1n) is 8.97. The second-order valence-corrected chi connectivity index (χ2v) is 6.82. The Morgan fingerprint density at radius 2 is 1.57 bits per heavy atom. The number of likely N-dealkylation sites (N-methyl/N-ethyl adjacent to an activating group) is 1. The zero-order valence-corrected chi connectivity index (χ0v) is 15.9. The summed E-state index contributed by atoms with van der Waals surface area (Å²) < 4.78 is 5.05. The number of hydrogen-bond acceptors (Lipinski definition) is 4. The molecule has 0 radical (unpaired) electrons. The van der Waals surface area contributed by atoms with Crippen molar-refractivity contribution in [2.45, 2.75) is 19.4 Å². The number of hydrogen-bond donors (Lipinski definition) is 0. The monoisotopic (exact) mass is 378 g/mol. The maximum atomic E-state index is 12.9. The summed E-state index contributed by atoms with van der Waals surface area (Å²) in [6.45, 7) is 5.29. The van der Waals surface area contributed by atoms with Crippen LogP contribution in [0.15, 0.2) is 66.9 Å². The lowest BCUT2D eigenvalue weighted by Gasteiger charge is -2.30. The Bertz CT molecular complexity index is 888. The highest BCUT2D eigenvalue weighted by atomic mass is 16.6. The standard InChI is InChI=1S/C22H22N2O4/c1-15(2)28-22(27)23(3)14-17(13-16-9-5-4-6-10-16)24-20(25)18-11-7-8-12-19(18)21(24)26/h4-12,17H,1,13-14H2,2-3H3. The van der Waals surface area contributed by atoms with Gasteiger partial charge in [0.05, 0.1) is 22.9 Å². The normalized spacial score (nSPS) is 13.9. The first kappa shape index (κ1) is 19.4. The number of carbonyl (C=O) groups excluding carboxylic acids is 3. The molecule has 6 heteroatoms. The van der Waals surface area contributed by atoms with Crippen LogP contribution in [-0.2, 0) is 11.2 Å². The molecule has 0 N–H and O–H groups in total. The quantitative estimate of drug-likeness (QED) is 0.570. The summed E-state index contributed by atoms with van der Waals surface area (Å²) >= 11 is 0. The maximum Gasteiger partial charge on any atom is 0.414 e. The summed E-state index contributed by atoms with van der Waals surface area (Å²) in [5, 5.41) is 0. The molecule has 1 heterocycles. The minimum absolute atomic E-state index is 0.145. The summed E-state index contributed by atoms with van der Waals surface area (Å²) in [6, 6.07) is 15.8. The first-order chi connectivity index (χ1) is 13.4. The molecule has 3 rings (SSSR count). The fourth-order valence-corrected chi connectivity index (χ4v) is 3.28. The molecule has 3 amide bonds. The van der Waals surface area contributed by atoms with Crippen LogP contribution in [0, 0.1) is 0 Å². The molecule has 0 aromatic heterocycles. The van der Waals surface area contributed by atoms with E-state index in [1.54, 1.807) is 38.2 Å². The van der Waals surface area contributed by atoms with E-state index < -0.39 is 12.1 Å². The number of rotatable bonds is 6. The molecule has 1 unspecified atom stereocenters. The molecular formula is C22H22N2O4. The minimum Gasteiger partial charge on any atom is -0.416 e. The van der Waals surface area contributed by atoms with Crippen molar-refractivity contribution in [1.82, 2.24) is 9.80 Å². The van der Waals surface area contributed by atoms with Crippen LogP contribution in [-0.4, -0.2) is 47.3 Å². The molecule has 2 aromatic rings. The Labute approximate surface area is 164 Å². The lowest BCUT2D eigenvalue weighted by Crippen LogP contribution is -2.48. The molecule has 28 heavy (non-hydrogen) atoms. The number of carbonyl (C=O) groups is 3. The Hall–Kier alpha value is -3.41. The van der Waals surface area contributed by atoms with E-state index in [1.807, 2.05) is 30.3 Å². The number of imide groups is 1. The summed E-state index contributed by atoms with van der Waals surface area (Å²) in [6.07, 6.45) is -0.154. The molecule has 1 aliphatic rings. The van der Waals surface area contributed by atoms with Gasteiger partial charge in [-0.15, -0.1) is 0 Å². The molecule has 1 atom stereocenters. The van der Waals surface area contributed by atoms with E-state index in [9.17, 15) is 14.4 Å². The number of ether oxygens (including phenoxy) is 1. The highest BCUT2D eigenvalue weighted by Gasteiger charge is 2.40. The molecule has 0 bridgehead atoms. The molecule has 0 saturated heterocycles. The van der Waals surface area contributed by atoms with Crippen molar-refractivity contribution in [3.63, 3.8) is 0 Å². The smallest absolute Gasteiger partial charge is 0.414 e. The molecule has 144 valence electrons. The van der Waals surface area contributed by atoms with Crippen LogP contribution in [0.5, 0.6) is 0 Å². The topological polar surface area (TPSA) is 66.9 Å². The van der Waals surface area contributed by atoms with Gasteiger partial charge in [0.25, 0.3) is 11.8 Å². The van der Waals surface area contributed by atoms with E-state index in [0.717, 1.165) is 5.56 Å². The maximum absolute atomic E-state index is 12.9. The van der Waals surface area contributed by atoms with E-state index in [0.29, 0.717) is 17.5 Å². The Balaban J connectivity index is 1.88. The summed E-state index contributed by atoms with van der Waals surface area (Å²) in [5.74, 6) is -0.413. The van der Waals surface area contributed by atoms with E-state index in [4.69, 9.17) is 4.74 Å². The van der Waals surface area contributed by atoms with Crippen LogP contribution in [0.2, 0.25) is 0 Å². The van der Waals surface area contributed by atoms with Crippen LogP contribution >= 0.6 is 0 Å². The highest BCUT2D eigenvalue weighted by molar-refractivity contribution is 6.21. The van der Waals surface area contributed by atoms with Gasteiger partial charge in [-0.3, -0.25) is 14.5 Å². The molecule has 6 nitrogen and oxygen atoms in total. The number of allylic oxidation sites excluding steroid dienone is 1. The van der Waals surface area contributed by atoms with Gasteiger partial charge < -0.3 is 9.64 Å². The van der Waals surface area contributed by atoms with Crippen molar-refractivity contribution in [2.24, 2.45) is 0 Å². The Morgan fingerprint density at radius 1 is 1.04 bits per heavy atom. The highest BCUT2D eigenvalue weighted by Crippen LogP contribution is 2.26. The SMILES string of the molecule is C=C(C)OC(=O)N(C)CC(Cc1ccccc1)N1C(=O)c2ccccc2C1=O. The zero-order valence-electron chi connectivity index (χ0n) is 15.9. The van der Waals surface area contributed by atoms with Gasteiger partial charge in [0, 0.05) is 13.6 Å². The van der Waals surface area contributed by atoms with Gasteiger partial charge in [0.1, 0.15) is 0 Å². The first-order valence-corrected chi connectivity index (χ1v) is 8.97. The Morgan fingerprint density at radius 3 is 2.11 bits per heavy atom. The molecule has 0 fully saturated rings. The van der Waals surface area contributed by atoms with Gasteiger partial charge in [-0.2, -0.15) is 0 Å². The van der Waals surface area contributed by atoms with Gasteiger partial charge >= 0.3 is 6.09 Å². The Kier molecular flexibility index (Phi) is 5.59. The summed E-state index contributed by atoms with van der Waals surface area (Å²) in [4.78, 5) is 40.6. The van der Waals surface area contributed by atoms with E-state index in [-0.39, 0.29) is 24.1 Å². The minimum atomic E-state index is -0.581. The second kappa shape index (κ2) is 8.08. The molecule has 2 aromatic carbocycles. The van der Waals surface area contributed by atoms with Crippen molar-refractivity contribution < 1.29 is 19.1 Å². The summed E-state index contributed by atoms with van der Waals surface area (Å²) in [7, 11) is 1.57.